The molecule has 0 bridgehead atoms. The van der Waals surface area contributed by atoms with Crippen molar-refractivity contribution in [3.63, 3.8) is 0 Å². The number of nitrogens with zero attached hydrogens (tertiary/aromatic N) is 4. The van der Waals surface area contributed by atoms with Crippen LogP contribution in [0, 0.1) is 4.91 Å². The molecule has 2 amide bonds. The van der Waals surface area contributed by atoms with Crippen molar-refractivity contribution in [2.45, 2.75) is 64.5 Å². The van der Waals surface area contributed by atoms with Crippen molar-refractivity contribution in [1.29, 1.82) is 0 Å². The van der Waals surface area contributed by atoms with E-state index in [9.17, 15) is 14.5 Å². The lowest BCUT2D eigenvalue weighted by molar-refractivity contribution is 0.0243. The maximum absolute atomic E-state index is 13.3. The van der Waals surface area contributed by atoms with Crippen LogP contribution in [0.3, 0.4) is 0 Å². The third-order valence-electron chi connectivity index (χ3n) is 6.37. The van der Waals surface area contributed by atoms with Crippen LogP contribution >= 0.6 is 0 Å². The lowest BCUT2D eigenvalue weighted by atomic mass is 10.1. The van der Waals surface area contributed by atoms with Crippen LogP contribution in [0.2, 0.25) is 0 Å². The zero-order chi connectivity index (χ0) is 25.9. The predicted molar refractivity (Wildman–Crippen MR) is 138 cm³/mol. The van der Waals surface area contributed by atoms with Gasteiger partial charge in [0, 0.05) is 24.2 Å². The zero-order valence-electron chi connectivity index (χ0n) is 21.0. The second-order valence-corrected chi connectivity index (χ2v) is 10.2. The minimum absolute atomic E-state index is 0.0201. The molecule has 10 nitrogen and oxygen atoms in total. The van der Waals surface area contributed by atoms with Crippen molar-refractivity contribution in [2.24, 2.45) is 11.0 Å². The highest BCUT2D eigenvalue weighted by atomic mass is 16.6. The van der Waals surface area contributed by atoms with Crippen LogP contribution in [-0.2, 0) is 11.3 Å². The second kappa shape index (κ2) is 10.5. The number of ether oxygens (including phenoxy) is 1. The van der Waals surface area contributed by atoms with Crippen molar-refractivity contribution in [3.05, 3.63) is 64.6 Å². The summed E-state index contributed by atoms with van der Waals surface area (Å²) in [4.78, 5) is 41.3. The zero-order valence-corrected chi connectivity index (χ0v) is 21.0. The van der Waals surface area contributed by atoms with Gasteiger partial charge in [-0.05, 0) is 58.2 Å². The standard InChI is InChI=1S/C26H34N6O4/c1-26(2,3)36-25(34)30-15-8-7-13-20(17-30)31-22-19(16-28-35)12-9-14-21(22)29-24(31)32(27)23(33)18-10-5-4-6-11-18/h4-6,9-12,14,20,24,29H,7-8,13,15-17,27H2,1-3H3/t20-,24?/m1/s1. The number of nitrogens with two attached hydrogens (primary N) is 1. The number of carbonyl (C=O) groups is 2. The summed E-state index contributed by atoms with van der Waals surface area (Å²) < 4.78 is 5.65. The fraction of sp³-hybridized carbons (Fsp3) is 0.462. The highest BCUT2D eigenvalue weighted by molar-refractivity contribution is 5.95. The SMILES string of the molecule is CC(C)(C)OC(=O)N1CCCC[C@@H](N2c3c(CN=O)cccc3NC2N(N)C(=O)c2ccccc2)C1. The molecule has 0 aliphatic carbocycles. The quantitative estimate of drug-likeness (QED) is 0.275. The lowest BCUT2D eigenvalue weighted by Gasteiger charge is -2.40. The number of benzene rings is 2. The van der Waals surface area contributed by atoms with Crippen LogP contribution in [0.25, 0.3) is 0 Å². The minimum atomic E-state index is -0.718. The van der Waals surface area contributed by atoms with Gasteiger partial charge in [0.2, 0.25) is 0 Å². The van der Waals surface area contributed by atoms with Gasteiger partial charge in [-0.1, -0.05) is 35.5 Å². The Bertz CT molecular complexity index is 1100. The largest absolute Gasteiger partial charge is 0.444 e. The molecular weight excluding hydrogens is 460 g/mol. The second-order valence-electron chi connectivity index (χ2n) is 10.2. The summed E-state index contributed by atoms with van der Waals surface area (Å²) in [6.07, 6.45) is 1.40. The molecule has 3 N–H and O–H groups in total. The van der Waals surface area contributed by atoms with Gasteiger partial charge in [0.1, 0.15) is 12.1 Å². The number of carbonyl (C=O) groups excluding carboxylic acids is 2. The maximum Gasteiger partial charge on any atom is 0.410 e. The number of hydrogen-bond acceptors (Lipinski definition) is 8. The van der Waals surface area contributed by atoms with E-state index >= 15 is 0 Å². The Labute approximate surface area is 211 Å². The van der Waals surface area contributed by atoms with Crippen molar-refractivity contribution >= 4 is 23.4 Å². The van der Waals surface area contributed by atoms with Crippen molar-refractivity contribution in [3.8, 4) is 0 Å². The number of para-hydroxylation sites is 1. The monoisotopic (exact) mass is 494 g/mol. The first kappa shape index (κ1) is 25.4. The molecular formula is C26H34N6O4. The van der Waals surface area contributed by atoms with Crippen molar-refractivity contribution < 1.29 is 14.3 Å². The Morgan fingerprint density at radius 2 is 1.89 bits per heavy atom. The molecule has 2 aliphatic rings. The number of likely N-dealkylation sites (tertiary alicyclic amines) is 1. The van der Waals surface area contributed by atoms with Crippen molar-refractivity contribution in [1.82, 2.24) is 9.91 Å². The number of anilines is 2. The molecule has 192 valence electrons. The third-order valence-corrected chi connectivity index (χ3v) is 6.37. The highest BCUT2D eigenvalue weighted by Crippen LogP contribution is 2.41. The molecule has 2 heterocycles. The number of hydrogen-bond donors (Lipinski definition) is 2. The summed E-state index contributed by atoms with van der Waals surface area (Å²) in [5, 5.41) is 7.66. The summed E-state index contributed by atoms with van der Waals surface area (Å²) >= 11 is 0. The van der Waals surface area contributed by atoms with Crippen LogP contribution in [0.1, 0.15) is 56.0 Å². The van der Waals surface area contributed by atoms with Crippen LogP contribution in [0.5, 0.6) is 0 Å². The third kappa shape index (κ3) is 5.43. The van der Waals surface area contributed by atoms with Crippen LogP contribution in [0.4, 0.5) is 16.2 Å². The summed E-state index contributed by atoms with van der Waals surface area (Å²) in [6.45, 7) is 6.48. The van der Waals surface area contributed by atoms with Gasteiger partial charge in [-0.25, -0.2) is 15.6 Å². The Morgan fingerprint density at radius 1 is 1.14 bits per heavy atom. The molecule has 0 aromatic heterocycles. The first-order valence-corrected chi connectivity index (χ1v) is 12.3. The van der Waals surface area contributed by atoms with E-state index in [1.165, 1.54) is 5.01 Å². The first-order valence-electron chi connectivity index (χ1n) is 12.3. The van der Waals surface area contributed by atoms with E-state index in [4.69, 9.17) is 10.6 Å². The van der Waals surface area contributed by atoms with Gasteiger partial charge in [-0.3, -0.25) is 4.79 Å². The minimum Gasteiger partial charge on any atom is -0.444 e. The molecule has 1 unspecified atom stereocenters. The van der Waals surface area contributed by atoms with E-state index in [2.05, 4.69) is 10.5 Å². The van der Waals surface area contributed by atoms with Gasteiger partial charge < -0.3 is 19.9 Å². The highest BCUT2D eigenvalue weighted by Gasteiger charge is 2.42. The Morgan fingerprint density at radius 3 is 2.58 bits per heavy atom. The van der Waals surface area contributed by atoms with E-state index in [1.54, 1.807) is 29.2 Å². The average molecular weight is 495 g/mol. The molecule has 2 aromatic rings. The van der Waals surface area contributed by atoms with Gasteiger partial charge in [-0.15, -0.1) is 0 Å². The van der Waals surface area contributed by atoms with Gasteiger partial charge in [-0.2, -0.15) is 4.91 Å². The molecule has 1 saturated heterocycles. The van der Waals surface area contributed by atoms with Gasteiger partial charge in [0.15, 0.2) is 6.29 Å². The van der Waals surface area contributed by atoms with E-state index in [1.807, 2.05) is 49.9 Å². The molecule has 0 saturated carbocycles. The number of nitrogens with one attached hydrogen (secondary N) is 1. The molecule has 2 atom stereocenters. The lowest BCUT2D eigenvalue weighted by Crippen LogP contribution is -2.60. The van der Waals surface area contributed by atoms with Crippen LogP contribution < -0.4 is 16.1 Å². The normalized spacial score (nSPS) is 19.7. The summed E-state index contributed by atoms with van der Waals surface area (Å²) in [5.74, 6) is 6.11. The molecule has 2 aliphatic heterocycles. The van der Waals surface area contributed by atoms with E-state index in [0.29, 0.717) is 18.7 Å². The topological polar surface area (TPSA) is 121 Å². The van der Waals surface area contributed by atoms with Gasteiger partial charge in [0.25, 0.3) is 5.91 Å². The average Bonchev–Trinajstić information content (AvgIpc) is 3.06. The molecule has 1 fully saturated rings. The molecule has 0 radical (unpaired) electrons. The fourth-order valence-electron chi connectivity index (χ4n) is 4.81. The van der Waals surface area contributed by atoms with E-state index in [0.717, 1.165) is 36.2 Å². The van der Waals surface area contributed by atoms with Crippen LogP contribution in [-0.4, -0.2) is 52.9 Å². The smallest absolute Gasteiger partial charge is 0.410 e. The van der Waals surface area contributed by atoms with E-state index in [-0.39, 0.29) is 24.6 Å². The first-order chi connectivity index (χ1) is 17.2. The maximum atomic E-state index is 13.3. The molecule has 36 heavy (non-hydrogen) atoms. The molecule has 4 rings (SSSR count). The number of nitroso groups, excluding NO2 is 1. The molecule has 2 aromatic carbocycles. The van der Waals surface area contributed by atoms with Gasteiger partial charge in [0.05, 0.1) is 17.4 Å². The van der Waals surface area contributed by atoms with Gasteiger partial charge >= 0.3 is 6.09 Å². The summed E-state index contributed by atoms with van der Waals surface area (Å²) in [6, 6.07) is 14.2. The van der Waals surface area contributed by atoms with E-state index < -0.39 is 11.9 Å². The molecule has 10 heteroatoms. The molecule has 0 spiro atoms. The Balaban J connectivity index is 1.70. The summed E-state index contributed by atoms with van der Waals surface area (Å²) in [5.41, 5.74) is 2.11. The summed E-state index contributed by atoms with van der Waals surface area (Å²) in [7, 11) is 0. The number of amides is 2. The number of fused-ring (bicyclic) bond motifs is 1. The van der Waals surface area contributed by atoms with Crippen LogP contribution in [0.15, 0.2) is 53.7 Å². The number of hydrazine groups is 1. The Kier molecular flexibility index (Phi) is 7.44. The van der Waals surface area contributed by atoms with Crippen molar-refractivity contribution in [2.75, 3.05) is 23.3 Å². The number of rotatable bonds is 5. The predicted octanol–water partition coefficient (Wildman–Crippen LogP) is 4.27. The fourth-order valence-corrected chi connectivity index (χ4v) is 4.81. The Hall–Kier alpha value is -3.66.